The Balaban J connectivity index is 0.00000265. The van der Waals surface area contributed by atoms with Gasteiger partial charge in [0.15, 0.2) is 11.9 Å². The van der Waals surface area contributed by atoms with E-state index in [9.17, 15) is 28.2 Å². The fourth-order valence-corrected chi connectivity index (χ4v) is 10.7. The molecule has 0 aliphatic carbocycles. The summed E-state index contributed by atoms with van der Waals surface area (Å²) in [5.41, 5.74) is -0.931. The standard InChI is InChI=1S/C45H67N7O10S.CH3FS/c1-12-36-45(8)39(51(43(57)62-45)20-16-15-19-50-25-32(47-48-50)40-46-31-17-13-14-18-35(31)63-40)29(5)52(30(6)53)24-26(2)23-44(7,58-11)37(22-34(54)28(4)41(56)60-36)61-42-38(55)33(49(9)10)21-27(3)59-42;1-3-2/h13-14,17-18,25-29,33,36-39,42,55H,12,15-16,19-24H2,1-11H3;1H3/t26-,27-,28-,29-,33?,36-,37-,38?,39-,42+,44+,45-;/m1./s1. The van der Waals surface area contributed by atoms with Crippen LogP contribution in [0.5, 0.6) is 0 Å². The van der Waals surface area contributed by atoms with Crippen LogP contribution < -0.4 is 0 Å². The van der Waals surface area contributed by atoms with Gasteiger partial charge < -0.3 is 38.6 Å². The molecule has 0 radical (unpaired) electrons. The number of ether oxygens (including phenoxy) is 5. The molecule has 1 N–H and O–H groups in total. The van der Waals surface area contributed by atoms with Gasteiger partial charge in [0.2, 0.25) is 5.91 Å². The Hall–Kier alpha value is -3.79. The maximum absolute atomic E-state index is 14.2. The highest BCUT2D eigenvalue weighted by Crippen LogP contribution is 2.41. The lowest BCUT2D eigenvalue weighted by atomic mass is 9.82. The fourth-order valence-electron chi connectivity index (χ4n) is 9.75. The first kappa shape index (κ1) is 53.2. The van der Waals surface area contributed by atoms with E-state index >= 15 is 0 Å². The van der Waals surface area contributed by atoms with E-state index in [2.05, 4.69) is 10.3 Å². The molecular formula is C46H70FN7O10S2. The Morgan fingerprint density at radius 1 is 1.11 bits per heavy atom. The zero-order valence-corrected chi connectivity index (χ0v) is 42.1. The van der Waals surface area contributed by atoms with Crippen molar-refractivity contribution in [1.82, 2.24) is 34.7 Å². The van der Waals surface area contributed by atoms with Crippen molar-refractivity contribution in [3.05, 3.63) is 30.5 Å². The van der Waals surface area contributed by atoms with Crippen molar-refractivity contribution in [2.45, 2.75) is 160 Å². The molecule has 5 heterocycles. The molecule has 0 saturated carbocycles. The molecule has 3 aliphatic heterocycles. The number of para-hydroxylation sites is 1. The summed E-state index contributed by atoms with van der Waals surface area (Å²) < 4.78 is 44.4. The molecule has 3 aromatic rings. The number of aromatic nitrogens is 4. The number of Topliss-reactive ketones (excluding diaryl/α,β-unsaturated/α-hetero) is 1. The topological polar surface area (TPSA) is 188 Å². The normalized spacial score (nSPS) is 32.6. The number of unbranched alkanes of at least 4 members (excludes halogenated alkanes) is 1. The number of fused-ring (bicyclic) bond motifs is 2. The van der Waals surface area contributed by atoms with Crippen molar-refractivity contribution in [1.29, 1.82) is 0 Å². The first-order chi connectivity index (χ1) is 31.2. The van der Waals surface area contributed by atoms with E-state index in [1.54, 1.807) is 32.7 Å². The van der Waals surface area contributed by atoms with Gasteiger partial charge in [0, 0.05) is 64.5 Å². The van der Waals surface area contributed by atoms with E-state index < -0.39 is 71.7 Å². The average molecular weight is 964 g/mol. The van der Waals surface area contributed by atoms with E-state index in [1.807, 2.05) is 84.1 Å². The van der Waals surface area contributed by atoms with Crippen LogP contribution in [0.2, 0.25) is 0 Å². The largest absolute Gasteiger partial charge is 0.458 e. The smallest absolute Gasteiger partial charge is 0.410 e. The van der Waals surface area contributed by atoms with E-state index in [-0.39, 0.29) is 55.5 Å². The number of carbonyl (C=O) groups excluding carboxylic acids is 4. The molecule has 2 amide bonds. The maximum atomic E-state index is 14.2. The van der Waals surface area contributed by atoms with Gasteiger partial charge in [-0.15, -0.1) is 16.4 Å². The van der Waals surface area contributed by atoms with Crippen LogP contribution >= 0.6 is 23.5 Å². The van der Waals surface area contributed by atoms with E-state index in [0.717, 1.165) is 15.2 Å². The van der Waals surface area contributed by atoms with Gasteiger partial charge in [-0.3, -0.25) is 24.0 Å². The molecular weight excluding hydrogens is 894 g/mol. The number of hydrogen-bond donors (Lipinski definition) is 1. The second kappa shape index (κ2) is 23.0. The highest BCUT2D eigenvalue weighted by Gasteiger charge is 2.59. The van der Waals surface area contributed by atoms with Crippen molar-refractivity contribution in [3.8, 4) is 10.7 Å². The number of aryl methyl sites for hydroxylation is 1. The summed E-state index contributed by atoms with van der Waals surface area (Å²) in [4.78, 5) is 66.0. The van der Waals surface area contributed by atoms with Gasteiger partial charge in [0.1, 0.15) is 34.6 Å². The number of ketones is 1. The lowest BCUT2D eigenvalue weighted by Gasteiger charge is -2.46. The molecule has 6 rings (SSSR count). The van der Waals surface area contributed by atoms with Crippen molar-refractivity contribution < 1.29 is 51.9 Å². The SMILES string of the molecule is CC[C@H]1OC(=O)[C@H](C)C(=O)C[C@@H](O[C@@H]2O[C@H](C)CC(N(C)C)C2O)[C@@](C)(OC)C[C@@H](C)CN(C(C)=O)[C@H](C)[C@H]2N(CCCCn3cc(-c4nc5ccccc5s4)nn3)C(=O)O[C@]12C.CSF. The molecule has 3 fully saturated rings. The second-order valence-electron chi connectivity index (χ2n) is 18.6. The molecule has 0 bridgehead atoms. The summed E-state index contributed by atoms with van der Waals surface area (Å²) in [6.07, 6.45) is 0.565. The number of cyclic esters (lactones) is 1. The number of amides is 2. The molecule has 17 nitrogen and oxygen atoms in total. The molecule has 3 saturated heterocycles. The molecule has 368 valence electrons. The van der Waals surface area contributed by atoms with Crippen molar-refractivity contribution in [2.75, 3.05) is 40.6 Å². The quantitative estimate of drug-likeness (QED) is 0.124. The monoisotopic (exact) mass is 963 g/mol. The Morgan fingerprint density at radius 3 is 2.42 bits per heavy atom. The summed E-state index contributed by atoms with van der Waals surface area (Å²) >= 11 is 1.81. The number of nitrogens with zero attached hydrogens (tertiary/aromatic N) is 7. The first-order valence-electron chi connectivity index (χ1n) is 22.8. The maximum Gasteiger partial charge on any atom is 0.410 e. The molecule has 12 atom stereocenters. The molecule has 0 spiro atoms. The number of likely N-dealkylation sites (N-methyl/N-ethyl adjacent to an activating group) is 1. The molecule has 3 aliphatic rings. The van der Waals surface area contributed by atoms with Gasteiger partial charge in [-0.1, -0.05) is 31.2 Å². The van der Waals surface area contributed by atoms with Crippen LogP contribution in [0.1, 0.15) is 93.9 Å². The Kier molecular flexibility index (Phi) is 18.5. The summed E-state index contributed by atoms with van der Waals surface area (Å²) in [5.74, 6) is -2.86. The number of halogens is 1. The van der Waals surface area contributed by atoms with Crippen LogP contribution in [-0.4, -0.2) is 164 Å². The minimum atomic E-state index is -1.39. The van der Waals surface area contributed by atoms with E-state index in [0.29, 0.717) is 44.5 Å². The predicted octanol–water partition coefficient (Wildman–Crippen LogP) is 6.56. The zero-order chi connectivity index (χ0) is 48.7. The van der Waals surface area contributed by atoms with Gasteiger partial charge in [0.05, 0.1) is 46.3 Å². The minimum Gasteiger partial charge on any atom is -0.458 e. The van der Waals surface area contributed by atoms with Crippen molar-refractivity contribution >= 4 is 57.5 Å². The molecule has 20 heteroatoms. The Morgan fingerprint density at radius 2 is 1.79 bits per heavy atom. The Labute approximate surface area is 396 Å². The van der Waals surface area contributed by atoms with Crippen LogP contribution in [0, 0.1) is 11.8 Å². The van der Waals surface area contributed by atoms with Crippen LogP contribution in [0.25, 0.3) is 20.9 Å². The van der Waals surface area contributed by atoms with E-state index in [4.69, 9.17) is 28.7 Å². The molecule has 1 aromatic carbocycles. The number of methoxy groups -OCH3 is 1. The highest BCUT2D eigenvalue weighted by atomic mass is 32.2. The Bertz CT molecular complexity index is 2080. The lowest BCUT2D eigenvalue weighted by molar-refractivity contribution is -0.289. The molecule has 2 aromatic heterocycles. The lowest BCUT2D eigenvalue weighted by Crippen LogP contribution is -2.62. The first-order valence-corrected chi connectivity index (χ1v) is 24.8. The van der Waals surface area contributed by atoms with Crippen LogP contribution in [0.3, 0.4) is 0 Å². The number of hydrogen-bond acceptors (Lipinski definition) is 16. The number of carbonyl (C=O) groups is 4. The van der Waals surface area contributed by atoms with Crippen molar-refractivity contribution in [2.24, 2.45) is 11.8 Å². The predicted molar refractivity (Wildman–Crippen MR) is 250 cm³/mol. The minimum absolute atomic E-state index is 0.210. The molecule has 66 heavy (non-hydrogen) atoms. The number of esters is 1. The fraction of sp³-hybridized carbons (Fsp3) is 0.717. The average Bonchev–Trinajstić information content (AvgIpc) is 3.99. The third kappa shape index (κ3) is 12.1. The van der Waals surface area contributed by atoms with Crippen LogP contribution in [0.4, 0.5) is 8.68 Å². The summed E-state index contributed by atoms with van der Waals surface area (Å²) in [5, 5.41) is 20.9. The van der Waals surface area contributed by atoms with Crippen LogP contribution in [0.15, 0.2) is 30.5 Å². The third-order valence-corrected chi connectivity index (χ3v) is 14.4. The van der Waals surface area contributed by atoms with Gasteiger partial charge >= 0.3 is 12.1 Å². The van der Waals surface area contributed by atoms with Gasteiger partial charge in [0.25, 0.3) is 0 Å². The van der Waals surface area contributed by atoms with Crippen LogP contribution in [-0.2, 0) is 44.6 Å². The summed E-state index contributed by atoms with van der Waals surface area (Å²) in [7, 11) is 5.30. The zero-order valence-electron chi connectivity index (χ0n) is 40.5. The van der Waals surface area contributed by atoms with Gasteiger partial charge in [-0.05, 0) is 98.9 Å². The van der Waals surface area contributed by atoms with Gasteiger partial charge in [-0.2, -0.15) is 3.89 Å². The third-order valence-electron chi connectivity index (χ3n) is 13.4. The summed E-state index contributed by atoms with van der Waals surface area (Å²) in [6, 6.07) is 6.34. The molecule has 2 unspecified atom stereocenters. The number of thiazole rings is 1. The van der Waals surface area contributed by atoms with Crippen molar-refractivity contribution in [3.63, 3.8) is 0 Å². The highest BCUT2D eigenvalue weighted by molar-refractivity contribution is 7.93. The number of rotatable bonds is 11. The second-order valence-corrected chi connectivity index (χ2v) is 19.9. The summed E-state index contributed by atoms with van der Waals surface area (Å²) in [6.45, 7) is 15.3. The number of aliphatic hydroxyl groups is 1. The number of benzene rings is 1. The van der Waals surface area contributed by atoms with E-state index in [1.165, 1.54) is 27.2 Å². The number of aliphatic hydroxyl groups excluding tert-OH is 1. The van der Waals surface area contributed by atoms with Gasteiger partial charge in [-0.25, -0.2) is 9.78 Å².